The maximum absolute atomic E-state index is 13.5. The minimum absolute atomic E-state index is 0.0600. The molecule has 1 spiro atoms. The number of piperidine rings is 1. The van der Waals surface area contributed by atoms with Crippen LogP contribution in [-0.2, 0) is 20.9 Å². The smallest absolute Gasteiger partial charge is 0.410 e. The number of ether oxygens (including phenoxy) is 2. The highest BCUT2D eigenvalue weighted by Gasteiger charge is 2.60. The topological polar surface area (TPSA) is 59.1 Å². The molecule has 1 aromatic carbocycles. The Kier molecular flexibility index (Phi) is 7.31. The first-order chi connectivity index (χ1) is 20.6. The number of benzene rings is 1. The van der Waals surface area contributed by atoms with E-state index in [2.05, 4.69) is 33.9 Å². The number of rotatable bonds is 2. The van der Waals surface area contributed by atoms with Gasteiger partial charge in [-0.2, -0.15) is 0 Å². The fraction of sp³-hybridized carbons (Fsp3) is 0.676. The van der Waals surface area contributed by atoms with Gasteiger partial charge < -0.3 is 19.3 Å². The standard InChI is InChI=1S/C37H50N2O4/c1-23-17-32-34(39(20-23)35(41)42-22-26-9-7-6-8-10-26)25(3)37(43-32)16-13-28-29-12-11-27-21-38(5)33(40)14-15-36(27,4)31(29)18-30(28)24(2)19-37/h6-10,21,23,25,28-29,31-32,34H,11-20,22H2,1-5H3/t23-,25+,28-,29-,31-,32+,34-,36-,37-/m0/s1. The molecule has 7 rings (SSSR count). The zero-order chi connectivity index (χ0) is 30.1. The largest absolute Gasteiger partial charge is 0.445 e. The van der Waals surface area contributed by atoms with Crippen LogP contribution in [0.5, 0.6) is 0 Å². The molecular weight excluding hydrogens is 536 g/mol. The fourth-order valence-corrected chi connectivity index (χ4v) is 10.5. The Bertz CT molecular complexity index is 1340. The second kappa shape index (κ2) is 10.8. The molecule has 6 aliphatic rings. The van der Waals surface area contributed by atoms with E-state index in [1.807, 2.05) is 47.2 Å². The van der Waals surface area contributed by atoms with E-state index in [-0.39, 0.29) is 41.1 Å². The third-order valence-corrected chi connectivity index (χ3v) is 12.9. The van der Waals surface area contributed by atoms with Gasteiger partial charge in [0.15, 0.2) is 0 Å². The van der Waals surface area contributed by atoms with Crippen molar-refractivity contribution in [2.45, 2.75) is 110 Å². The van der Waals surface area contributed by atoms with Crippen molar-refractivity contribution in [3.63, 3.8) is 0 Å². The number of likely N-dealkylation sites (tertiary alicyclic amines) is 1. The molecule has 6 nitrogen and oxygen atoms in total. The highest BCUT2D eigenvalue weighted by Crippen LogP contribution is 2.64. The first-order valence-electron chi connectivity index (χ1n) is 16.9. The summed E-state index contributed by atoms with van der Waals surface area (Å²) in [6, 6.07) is 10.0. The van der Waals surface area contributed by atoms with Crippen molar-refractivity contribution in [2.24, 2.45) is 35.0 Å². The van der Waals surface area contributed by atoms with E-state index in [0.29, 0.717) is 36.7 Å². The van der Waals surface area contributed by atoms with E-state index in [1.165, 1.54) is 30.4 Å². The van der Waals surface area contributed by atoms with Gasteiger partial charge in [0.2, 0.25) is 5.91 Å². The monoisotopic (exact) mass is 586 g/mol. The SMILES string of the molecule is CC1=C2C[C@H]3[C@@H](CCC4=CN(C)C(=O)CC[C@@]43C)[C@@H]2CC[C@@]2(C1)O[C@@H]1C[C@H](C)CN(C(=O)OCc3ccccc3)[C@H]1[C@H]2C. The molecule has 2 saturated carbocycles. The Morgan fingerprint density at radius 3 is 2.70 bits per heavy atom. The average molecular weight is 587 g/mol. The van der Waals surface area contributed by atoms with Crippen molar-refractivity contribution < 1.29 is 19.1 Å². The van der Waals surface area contributed by atoms with Gasteiger partial charge in [0, 0.05) is 32.1 Å². The normalized spacial score (nSPS) is 40.7. The predicted octanol–water partition coefficient (Wildman–Crippen LogP) is 7.50. The van der Waals surface area contributed by atoms with Crippen LogP contribution >= 0.6 is 0 Å². The molecule has 0 unspecified atom stereocenters. The third-order valence-electron chi connectivity index (χ3n) is 12.9. The number of carbonyl (C=O) groups is 2. The number of allylic oxidation sites excluding steroid dienone is 2. The van der Waals surface area contributed by atoms with Crippen molar-refractivity contribution in [1.82, 2.24) is 9.80 Å². The van der Waals surface area contributed by atoms with Gasteiger partial charge in [-0.05, 0) is 98.5 Å². The molecule has 0 N–H and O–H groups in total. The molecule has 0 radical (unpaired) electrons. The van der Waals surface area contributed by atoms with Crippen LogP contribution in [-0.4, -0.2) is 53.1 Å². The Labute approximate surface area is 257 Å². The van der Waals surface area contributed by atoms with Crippen molar-refractivity contribution in [2.75, 3.05) is 13.6 Å². The quantitative estimate of drug-likeness (QED) is 0.337. The van der Waals surface area contributed by atoms with E-state index in [1.54, 1.807) is 5.57 Å². The van der Waals surface area contributed by atoms with Crippen LogP contribution in [0.15, 0.2) is 53.3 Å². The lowest BCUT2D eigenvalue weighted by Crippen LogP contribution is -2.54. The summed E-state index contributed by atoms with van der Waals surface area (Å²) in [5, 5.41) is 0. The summed E-state index contributed by atoms with van der Waals surface area (Å²) >= 11 is 0. The van der Waals surface area contributed by atoms with Crippen LogP contribution in [0, 0.1) is 35.0 Å². The Hall–Kier alpha value is -2.60. The van der Waals surface area contributed by atoms with Gasteiger partial charge in [-0.15, -0.1) is 0 Å². The van der Waals surface area contributed by atoms with E-state index in [0.717, 1.165) is 44.2 Å². The lowest BCUT2D eigenvalue weighted by Gasteiger charge is -2.46. The minimum atomic E-state index is -0.227. The number of fused-ring (bicyclic) bond motifs is 6. The fourth-order valence-electron chi connectivity index (χ4n) is 10.5. The first kappa shape index (κ1) is 29.1. The summed E-state index contributed by atoms with van der Waals surface area (Å²) in [4.78, 5) is 30.0. The van der Waals surface area contributed by atoms with Gasteiger partial charge in [0.25, 0.3) is 0 Å². The molecule has 3 aliphatic carbocycles. The molecule has 0 aromatic heterocycles. The maximum atomic E-state index is 13.5. The van der Waals surface area contributed by atoms with E-state index in [4.69, 9.17) is 9.47 Å². The summed E-state index contributed by atoms with van der Waals surface area (Å²) in [5.41, 5.74) is 5.63. The lowest BCUT2D eigenvalue weighted by atomic mass is 9.58. The van der Waals surface area contributed by atoms with Crippen molar-refractivity contribution in [3.05, 3.63) is 58.8 Å². The molecule has 6 heteroatoms. The summed E-state index contributed by atoms with van der Waals surface area (Å²) in [6.07, 6.45) is 11.4. The Morgan fingerprint density at radius 1 is 1.12 bits per heavy atom. The molecule has 2 saturated heterocycles. The van der Waals surface area contributed by atoms with Crippen molar-refractivity contribution in [3.8, 4) is 0 Å². The van der Waals surface area contributed by atoms with Gasteiger partial charge in [0.1, 0.15) is 6.61 Å². The molecule has 9 atom stereocenters. The van der Waals surface area contributed by atoms with Gasteiger partial charge in [0.05, 0.1) is 17.7 Å². The summed E-state index contributed by atoms with van der Waals surface area (Å²) < 4.78 is 13.1. The molecule has 232 valence electrons. The van der Waals surface area contributed by atoms with Gasteiger partial charge in [-0.25, -0.2) is 4.79 Å². The van der Waals surface area contributed by atoms with Crippen molar-refractivity contribution >= 4 is 12.0 Å². The van der Waals surface area contributed by atoms with Crippen LogP contribution < -0.4 is 0 Å². The average Bonchev–Trinajstić information content (AvgIpc) is 3.41. The van der Waals surface area contributed by atoms with E-state index in [9.17, 15) is 9.59 Å². The van der Waals surface area contributed by atoms with E-state index >= 15 is 0 Å². The number of nitrogens with zero attached hydrogens (tertiary/aromatic N) is 2. The number of amides is 2. The number of carbonyl (C=O) groups excluding carboxylic acids is 2. The van der Waals surface area contributed by atoms with Crippen LogP contribution in [0.4, 0.5) is 4.79 Å². The molecular formula is C37H50N2O4. The highest BCUT2D eigenvalue weighted by atomic mass is 16.6. The van der Waals surface area contributed by atoms with Crippen LogP contribution in [0.1, 0.15) is 91.0 Å². The van der Waals surface area contributed by atoms with Crippen LogP contribution in [0.2, 0.25) is 0 Å². The van der Waals surface area contributed by atoms with Gasteiger partial charge in [-0.1, -0.05) is 62.2 Å². The first-order valence-corrected chi connectivity index (χ1v) is 16.9. The second-order valence-corrected chi connectivity index (χ2v) is 15.3. The molecule has 3 aliphatic heterocycles. The van der Waals surface area contributed by atoms with Gasteiger partial charge in [-0.3, -0.25) is 4.79 Å². The summed E-state index contributed by atoms with van der Waals surface area (Å²) in [6.45, 7) is 10.5. The molecule has 4 fully saturated rings. The highest BCUT2D eigenvalue weighted by molar-refractivity contribution is 5.77. The molecule has 1 aromatic rings. The van der Waals surface area contributed by atoms with Crippen molar-refractivity contribution in [1.29, 1.82) is 0 Å². The Morgan fingerprint density at radius 2 is 1.91 bits per heavy atom. The molecule has 0 bridgehead atoms. The summed E-state index contributed by atoms with van der Waals surface area (Å²) in [5.74, 6) is 2.81. The van der Waals surface area contributed by atoms with Gasteiger partial charge >= 0.3 is 6.09 Å². The summed E-state index contributed by atoms with van der Waals surface area (Å²) in [7, 11) is 1.93. The lowest BCUT2D eigenvalue weighted by molar-refractivity contribution is -0.127. The number of hydrogen-bond donors (Lipinski definition) is 0. The zero-order valence-corrected chi connectivity index (χ0v) is 26.8. The zero-order valence-electron chi connectivity index (χ0n) is 26.8. The van der Waals surface area contributed by atoms with Crippen LogP contribution in [0.25, 0.3) is 0 Å². The Balaban J connectivity index is 1.12. The second-order valence-electron chi connectivity index (χ2n) is 15.3. The molecule has 2 amide bonds. The minimum Gasteiger partial charge on any atom is -0.445 e. The maximum Gasteiger partial charge on any atom is 0.410 e. The predicted molar refractivity (Wildman–Crippen MR) is 167 cm³/mol. The third kappa shape index (κ3) is 4.78. The number of hydrogen-bond acceptors (Lipinski definition) is 4. The van der Waals surface area contributed by atoms with E-state index < -0.39 is 0 Å². The van der Waals surface area contributed by atoms with Crippen LogP contribution in [0.3, 0.4) is 0 Å². The molecule has 3 heterocycles. The molecule has 43 heavy (non-hydrogen) atoms.